The minimum atomic E-state index is -3.27. The van der Waals surface area contributed by atoms with Crippen LogP contribution in [-0.4, -0.2) is 51.5 Å². The fraction of sp³-hybridized carbons (Fsp3) is 0.577. The molecule has 1 aromatic heterocycles. The third kappa shape index (κ3) is 6.78. The average molecular weight is 472 g/mol. The SMILES string of the molecule is CCc1cccc(N2CCC(NS(C)(=O)=O)[C@H](COC3CCC(c4ccccc4)CC3)C2)n1. The number of anilines is 1. The Morgan fingerprint density at radius 2 is 1.79 bits per heavy atom. The number of hydrogen-bond acceptors (Lipinski definition) is 5. The molecule has 7 heteroatoms. The molecule has 1 N–H and O–H groups in total. The highest BCUT2D eigenvalue weighted by Crippen LogP contribution is 2.34. The van der Waals surface area contributed by atoms with Crippen molar-refractivity contribution in [2.24, 2.45) is 5.92 Å². The Labute approximate surface area is 198 Å². The van der Waals surface area contributed by atoms with Gasteiger partial charge in [-0.3, -0.25) is 0 Å². The molecule has 1 saturated heterocycles. The summed E-state index contributed by atoms with van der Waals surface area (Å²) in [6, 6.07) is 16.8. The number of hydrogen-bond donors (Lipinski definition) is 1. The molecule has 180 valence electrons. The van der Waals surface area contributed by atoms with Crippen LogP contribution < -0.4 is 9.62 Å². The van der Waals surface area contributed by atoms with Gasteiger partial charge in [-0.05, 0) is 62.1 Å². The number of sulfonamides is 1. The van der Waals surface area contributed by atoms with Crippen molar-refractivity contribution in [3.63, 3.8) is 0 Å². The van der Waals surface area contributed by atoms with Crippen molar-refractivity contribution >= 4 is 15.8 Å². The van der Waals surface area contributed by atoms with Gasteiger partial charge >= 0.3 is 0 Å². The van der Waals surface area contributed by atoms with Crippen LogP contribution in [0.3, 0.4) is 0 Å². The zero-order valence-electron chi connectivity index (χ0n) is 19.8. The van der Waals surface area contributed by atoms with Gasteiger partial charge in [0.15, 0.2) is 0 Å². The molecule has 1 saturated carbocycles. The Balaban J connectivity index is 1.37. The fourth-order valence-corrected chi connectivity index (χ4v) is 6.09. The molecule has 0 amide bonds. The van der Waals surface area contributed by atoms with E-state index >= 15 is 0 Å². The Kier molecular flexibility index (Phi) is 8.04. The zero-order chi connectivity index (χ0) is 23.3. The van der Waals surface area contributed by atoms with E-state index in [0.29, 0.717) is 12.5 Å². The van der Waals surface area contributed by atoms with Crippen molar-refractivity contribution < 1.29 is 13.2 Å². The molecule has 33 heavy (non-hydrogen) atoms. The third-order valence-corrected chi connectivity index (χ3v) is 7.80. The molecule has 6 nitrogen and oxygen atoms in total. The molecule has 1 unspecified atom stereocenters. The van der Waals surface area contributed by atoms with Gasteiger partial charge in [0.05, 0.1) is 19.0 Å². The van der Waals surface area contributed by atoms with E-state index in [2.05, 4.69) is 52.9 Å². The zero-order valence-corrected chi connectivity index (χ0v) is 20.6. The van der Waals surface area contributed by atoms with Crippen LogP contribution in [0.25, 0.3) is 0 Å². The summed E-state index contributed by atoms with van der Waals surface area (Å²) in [5, 5.41) is 0. The summed E-state index contributed by atoms with van der Waals surface area (Å²) in [6.45, 7) is 4.20. The lowest BCUT2D eigenvalue weighted by atomic mass is 9.82. The summed E-state index contributed by atoms with van der Waals surface area (Å²) in [5.41, 5.74) is 2.50. The van der Waals surface area contributed by atoms with Crippen LogP contribution in [0.5, 0.6) is 0 Å². The van der Waals surface area contributed by atoms with Gasteiger partial charge in [0.1, 0.15) is 5.82 Å². The second-order valence-electron chi connectivity index (χ2n) is 9.55. The monoisotopic (exact) mass is 471 g/mol. The number of aromatic nitrogens is 1. The second-order valence-corrected chi connectivity index (χ2v) is 11.3. The van der Waals surface area contributed by atoms with E-state index in [-0.39, 0.29) is 18.1 Å². The Morgan fingerprint density at radius 3 is 2.48 bits per heavy atom. The van der Waals surface area contributed by atoms with Gasteiger partial charge in [0.2, 0.25) is 10.0 Å². The molecular formula is C26H37N3O3S. The van der Waals surface area contributed by atoms with Crippen LogP contribution in [0.1, 0.15) is 56.2 Å². The summed E-state index contributed by atoms with van der Waals surface area (Å²) in [4.78, 5) is 7.06. The van der Waals surface area contributed by atoms with Crippen molar-refractivity contribution in [1.29, 1.82) is 0 Å². The lowest BCUT2D eigenvalue weighted by Gasteiger charge is -2.40. The Bertz CT molecular complexity index is 991. The molecule has 2 heterocycles. The number of aryl methyl sites for hydroxylation is 1. The molecular weight excluding hydrogens is 434 g/mol. The molecule has 2 atom stereocenters. The summed E-state index contributed by atoms with van der Waals surface area (Å²) < 4.78 is 33.2. The lowest BCUT2D eigenvalue weighted by Crippen LogP contribution is -2.52. The molecule has 0 radical (unpaired) electrons. The number of nitrogens with one attached hydrogen (secondary N) is 1. The van der Waals surface area contributed by atoms with Crippen molar-refractivity contribution in [3.8, 4) is 0 Å². The lowest BCUT2D eigenvalue weighted by molar-refractivity contribution is -0.00213. The number of rotatable bonds is 8. The third-order valence-electron chi connectivity index (χ3n) is 7.07. The van der Waals surface area contributed by atoms with Crippen LogP contribution in [0.15, 0.2) is 48.5 Å². The molecule has 2 aliphatic rings. The standard InChI is InChI=1S/C26H37N3O3S/c1-3-23-10-7-11-26(27-23)29-17-16-25(28-33(2,30)31)22(18-29)19-32-24-14-12-21(13-15-24)20-8-5-4-6-9-20/h4-11,21-22,24-25,28H,3,12-19H2,1-2H3/t21?,22-,24?,25?/m0/s1. The minimum absolute atomic E-state index is 0.0902. The van der Waals surface area contributed by atoms with E-state index in [9.17, 15) is 8.42 Å². The van der Waals surface area contributed by atoms with E-state index in [0.717, 1.165) is 63.1 Å². The maximum atomic E-state index is 12.0. The number of pyridine rings is 1. The Hall–Kier alpha value is -1.96. The molecule has 0 spiro atoms. The summed E-state index contributed by atoms with van der Waals surface area (Å²) in [7, 11) is -3.27. The summed E-state index contributed by atoms with van der Waals surface area (Å²) in [6.07, 6.45) is 7.54. The van der Waals surface area contributed by atoms with E-state index in [1.165, 1.54) is 11.8 Å². The van der Waals surface area contributed by atoms with Crippen LogP contribution in [0.2, 0.25) is 0 Å². The van der Waals surface area contributed by atoms with Crippen LogP contribution in [0, 0.1) is 5.92 Å². The largest absolute Gasteiger partial charge is 0.378 e. The van der Waals surface area contributed by atoms with Crippen molar-refractivity contribution in [2.45, 2.75) is 63.5 Å². The van der Waals surface area contributed by atoms with Crippen molar-refractivity contribution in [3.05, 3.63) is 59.8 Å². The molecule has 1 aromatic carbocycles. The topological polar surface area (TPSA) is 71.5 Å². The van der Waals surface area contributed by atoms with Gasteiger partial charge in [-0.15, -0.1) is 0 Å². The highest BCUT2D eigenvalue weighted by Gasteiger charge is 2.33. The van der Waals surface area contributed by atoms with E-state index in [4.69, 9.17) is 9.72 Å². The number of benzene rings is 1. The number of ether oxygens (including phenoxy) is 1. The van der Waals surface area contributed by atoms with Crippen molar-refractivity contribution in [2.75, 3.05) is 30.9 Å². The molecule has 4 rings (SSSR count). The second kappa shape index (κ2) is 11.0. The quantitative estimate of drug-likeness (QED) is 0.627. The molecule has 2 aromatic rings. The first kappa shape index (κ1) is 24.2. The van der Waals surface area contributed by atoms with Gasteiger partial charge in [-0.1, -0.05) is 43.3 Å². The number of nitrogens with zero attached hydrogens (tertiary/aromatic N) is 2. The van der Waals surface area contributed by atoms with Gasteiger partial charge in [-0.2, -0.15) is 0 Å². The van der Waals surface area contributed by atoms with Gasteiger partial charge in [0.25, 0.3) is 0 Å². The van der Waals surface area contributed by atoms with E-state index in [1.807, 2.05) is 12.1 Å². The maximum absolute atomic E-state index is 12.0. The van der Waals surface area contributed by atoms with Crippen LogP contribution in [-0.2, 0) is 21.2 Å². The fourth-order valence-electron chi connectivity index (χ4n) is 5.23. The summed E-state index contributed by atoms with van der Waals surface area (Å²) >= 11 is 0. The molecule has 1 aliphatic heterocycles. The van der Waals surface area contributed by atoms with E-state index < -0.39 is 10.0 Å². The maximum Gasteiger partial charge on any atom is 0.208 e. The predicted molar refractivity (Wildman–Crippen MR) is 133 cm³/mol. The van der Waals surface area contributed by atoms with Crippen molar-refractivity contribution in [1.82, 2.24) is 9.71 Å². The first-order chi connectivity index (χ1) is 15.9. The highest BCUT2D eigenvalue weighted by atomic mass is 32.2. The molecule has 2 fully saturated rings. The van der Waals surface area contributed by atoms with Gasteiger partial charge in [0, 0.05) is 30.7 Å². The molecule has 1 aliphatic carbocycles. The van der Waals surface area contributed by atoms with E-state index in [1.54, 1.807) is 0 Å². The first-order valence-corrected chi connectivity index (χ1v) is 14.1. The van der Waals surface area contributed by atoms with Crippen LogP contribution in [0.4, 0.5) is 5.82 Å². The van der Waals surface area contributed by atoms with Gasteiger partial charge in [-0.25, -0.2) is 18.1 Å². The highest BCUT2D eigenvalue weighted by molar-refractivity contribution is 7.88. The molecule has 0 bridgehead atoms. The first-order valence-electron chi connectivity index (χ1n) is 12.3. The average Bonchev–Trinajstić information content (AvgIpc) is 2.83. The van der Waals surface area contributed by atoms with Gasteiger partial charge < -0.3 is 9.64 Å². The predicted octanol–water partition coefficient (Wildman–Crippen LogP) is 4.13. The summed E-state index contributed by atoms with van der Waals surface area (Å²) in [5.74, 6) is 1.68. The normalized spacial score (nSPS) is 26.3. The minimum Gasteiger partial charge on any atom is -0.378 e. The van der Waals surface area contributed by atoms with Crippen LogP contribution >= 0.6 is 0 Å². The number of piperidine rings is 1. The smallest absolute Gasteiger partial charge is 0.208 e. The Morgan fingerprint density at radius 1 is 1.03 bits per heavy atom.